The molecule has 33 heavy (non-hydrogen) atoms. The highest BCUT2D eigenvalue weighted by Crippen LogP contribution is 2.33. The topological polar surface area (TPSA) is 52.5 Å². The number of likely N-dealkylation sites (N-methyl/N-ethyl adjacent to an activating group) is 1. The van der Waals surface area contributed by atoms with Crippen LogP contribution in [0.1, 0.15) is 6.99 Å². The van der Waals surface area contributed by atoms with E-state index in [4.69, 9.17) is 0 Å². The number of anilines is 3. The van der Waals surface area contributed by atoms with Gasteiger partial charge in [0.2, 0.25) is 5.95 Å². The molecule has 2 fully saturated rings. The van der Waals surface area contributed by atoms with Gasteiger partial charge in [-0.2, -0.15) is 4.98 Å². The molecule has 0 spiro atoms. The van der Waals surface area contributed by atoms with Crippen LogP contribution in [-0.2, 0) is 0 Å². The Morgan fingerprint density at radius 1 is 0.970 bits per heavy atom. The number of hydrogen-bond acceptors (Lipinski definition) is 6. The van der Waals surface area contributed by atoms with Gasteiger partial charge in [0.05, 0.1) is 17.1 Å². The van der Waals surface area contributed by atoms with Crippen molar-refractivity contribution in [3.63, 3.8) is 0 Å². The molecule has 176 valence electrons. The first-order valence-corrected chi connectivity index (χ1v) is 11.0. The normalized spacial score (nSPS) is 17.9. The second-order valence-electron chi connectivity index (χ2n) is 8.81. The Balaban J connectivity index is 0.00000274. The lowest BCUT2D eigenvalue weighted by Crippen LogP contribution is -2.63. The molecule has 7 nitrogen and oxygen atoms in total. The van der Waals surface area contributed by atoms with Crippen molar-refractivity contribution < 1.29 is 14.6 Å². The fourth-order valence-corrected chi connectivity index (χ4v) is 4.38. The first-order chi connectivity index (χ1) is 15.9. The molecule has 3 heterocycles. The van der Waals surface area contributed by atoms with Crippen molar-refractivity contribution in [1.29, 1.82) is 0 Å². The molecule has 0 saturated carbocycles. The zero-order valence-electron chi connectivity index (χ0n) is 18.6. The summed E-state index contributed by atoms with van der Waals surface area (Å²) in [6.45, 7) is 7.70. The lowest BCUT2D eigenvalue weighted by molar-refractivity contribution is 0.0961. The molecule has 2 aliphatic rings. The Morgan fingerprint density at radius 3 is 2.36 bits per heavy atom. The lowest BCUT2D eigenvalue weighted by atomic mass is 10.0. The molecule has 10 heteroatoms. The summed E-state index contributed by atoms with van der Waals surface area (Å²) in [5.74, 6) is -1.66. The van der Waals surface area contributed by atoms with Gasteiger partial charge in [-0.25, -0.2) is 17.9 Å². The average molecular weight is 460 g/mol. The van der Waals surface area contributed by atoms with Crippen molar-refractivity contribution >= 4 is 17.3 Å². The second kappa shape index (κ2) is 8.68. The molecule has 2 aliphatic heterocycles. The highest BCUT2D eigenvalue weighted by atomic mass is 19.1. The number of hydrogen-bond donors (Lipinski definition) is 1. The van der Waals surface area contributed by atoms with E-state index in [1.807, 2.05) is 13.0 Å². The summed E-state index contributed by atoms with van der Waals surface area (Å²) in [4.78, 5) is 11.0. The van der Waals surface area contributed by atoms with Crippen molar-refractivity contribution in [2.45, 2.75) is 13.0 Å². The van der Waals surface area contributed by atoms with Gasteiger partial charge in [0.15, 0.2) is 5.82 Å². The summed E-state index contributed by atoms with van der Waals surface area (Å²) in [6.07, 6.45) is 1.32. The van der Waals surface area contributed by atoms with E-state index >= 15 is 4.39 Å². The predicted octanol–water partition coefficient (Wildman–Crippen LogP) is 3.42. The van der Waals surface area contributed by atoms with Gasteiger partial charge in [-0.3, -0.25) is 4.90 Å². The largest absolute Gasteiger partial charge is 0.366 e. The zero-order valence-corrected chi connectivity index (χ0v) is 18.6. The van der Waals surface area contributed by atoms with Gasteiger partial charge in [-0.1, -0.05) is 0 Å². The molecular formula is C23H28F3N7. The molecule has 0 unspecified atom stereocenters. The quantitative estimate of drug-likeness (QED) is 0.631. The standard InChI is InChI=1S/C23H26F3N7.H2/c1-15-7-20(28-23-27-14-33(29-23)18-10-16(24)9-17(25)11-18)22(26)21(8-15)32-12-19(13-32)31-5-3-30(2)4-6-31;/h7-11,14,19H,3-6,12-13H2,1-2H3,(H,28,29);1H. The molecule has 0 bridgehead atoms. The van der Waals surface area contributed by atoms with Crippen LogP contribution in [0, 0.1) is 24.4 Å². The van der Waals surface area contributed by atoms with Crippen LogP contribution in [0.25, 0.3) is 5.69 Å². The molecule has 5 rings (SSSR count). The van der Waals surface area contributed by atoms with Crippen LogP contribution in [0.5, 0.6) is 0 Å². The molecule has 0 atom stereocenters. The Labute approximate surface area is 191 Å². The monoisotopic (exact) mass is 459 g/mol. The number of benzene rings is 2. The van der Waals surface area contributed by atoms with E-state index < -0.39 is 11.6 Å². The molecule has 0 radical (unpaired) electrons. The third kappa shape index (κ3) is 4.53. The number of nitrogens with one attached hydrogen (secondary N) is 1. The number of piperazine rings is 1. The summed E-state index contributed by atoms with van der Waals surface area (Å²) in [5, 5.41) is 7.09. The van der Waals surface area contributed by atoms with Gasteiger partial charge in [-0.15, -0.1) is 5.10 Å². The van der Waals surface area contributed by atoms with E-state index in [1.165, 1.54) is 11.0 Å². The van der Waals surface area contributed by atoms with E-state index in [-0.39, 0.29) is 24.6 Å². The Morgan fingerprint density at radius 2 is 1.67 bits per heavy atom. The zero-order chi connectivity index (χ0) is 23.1. The molecular weight excluding hydrogens is 431 g/mol. The third-order valence-electron chi connectivity index (χ3n) is 6.31. The maximum absolute atomic E-state index is 15.4. The van der Waals surface area contributed by atoms with Crippen molar-refractivity contribution in [3.05, 3.63) is 59.7 Å². The second-order valence-corrected chi connectivity index (χ2v) is 8.81. The predicted molar refractivity (Wildman–Crippen MR) is 123 cm³/mol. The van der Waals surface area contributed by atoms with Crippen molar-refractivity contribution in [1.82, 2.24) is 24.6 Å². The van der Waals surface area contributed by atoms with E-state index in [0.717, 1.165) is 63.0 Å². The number of halogens is 3. The Kier molecular flexibility index (Phi) is 5.71. The van der Waals surface area contributed by atoms with Crippen molar-refractivity contribution in [2.24, 2.45) is 0 Å². The van der Waals surface area contributed by atoms with Crippen molar-refractivity contribution in [2.75, 3.05) is 56.5 Å². The summed E-state index contributed by atoms with van der Waals surface area (Å²) < 4.78 is 43.6. The van der Waals surface area contributed by atoms with Crippen LogP contribution in [0.3, 0.4) is 0 Å². The van der Waals surface area contributed by atoms with Gasteiger partial charge in [0, 0.05) is 52.8 Å². The van der Waals surface area contributed by atoms with Gasteiger partial charge >= 0.3 is 0 Å². The van der Waals surface area contributed by atoms with Gasteiger partial charge in [0.1, 0.15) is 18.0 Å². The van der Waals surface area contributed by atoms with Crippen LogP contribution in [0.4, 0.5) is 30.5 Å². The fraction of sp³-hybridized carbons (Fsp3) is 0.391. The minimum Gasteiger partial charge on any atom is -0.366 e. The van der Waals surface area contributed by atoms with Crippen molar-refractivity contribution in [3.8, 4) is 5.69 Å². The maximum atomic E-state index is 15.4. The molecule has 3 aromatic rings. The van der Waals surface area contributed by atoms with Crippen LogP contribution in [0.2, 0.25) is 0 Å². The van der Waals surface area contributed by atoms with E-state index in [2.05, 4.69) is 37.1 Å². The molecule has 0 amide bonds. The first kappa shape index (κ1) is 21.7. The van der Waals surface area contributed by atoms with Gasteiger partial charge in [0.25, 0.3) is 0 Å². The third-order valence-corrected chi connectivity index (χ3v) is 6.31. The Hall–Kier alpha value is -3.11. The molecule has 1 N–H and O–H groups in total. The Bertz CT molecular complexity index is 1140. The van der Waals surface area contributed by atoms with Crippen LogP contribution < -0.4 is 10.2 Å². The first-order valence-electron chi connectivity index (χ1n) is 11.0. The van der Waals surface area contributed by atoms with Gasteiger partial charge in [-0.05, 0) is 43.8 Å². The molecule has 0 aliphatic carbocycles. The van der Waals surface area contributed by atoms with E-state index in [1.54, 1.807) is 6.07 Å². The van der Waals surface area contributed by atoms with Crippen LogP contribution in [0.15, 0.2) is 36.7 Å². The highest BCUT2D eigenvalue weighted by molar-refractivity contribution is 5.66. The summed E-state index contributed by atoms with van der Waals surface area (Å²) in [6, 6.07) is 7.06. The molecule has 2 aromatic carbocycles. The molecule has 1 aromatic heterocycles. The van der Waals surface area contributed by atoms with Crippen LogP contribution >= 0.6 is 0 Å². The maximum Gasteiger partial charge on any atom is 0.247 e. The lowest BCUT2D eigenvalue weighted by Gasteiger charge is -2.49. The summed E-state index contributed by atoms with van der Waals surface area (Å²) in [5.41, 5.74) is 1.91. The summed E-state index contributed by atoms with van der Waals surface area (Å²) >= 11 is 0. The highest BCUT2D eigenvalue weighted by Gasteiger charge is 2.34. The minimum atomic E-state index is -0.714. The van der Waals surface area contributed by atoms with E-state index in [9.17, 15) is 8.78 Å². The number of nitrogens with zero attached hydrogens (tertiary/aromatic N) is 6. The number of aryl methyl sites for hydroxylation is 1. The van der Waals surface area contributed by atoms with Crippen LogP contribution in [-0.4, -0.2) is 76.9 Å². The summed E-state index contributed by atoms with van der Waals surface area (Å²) in [7, 11) is 2.13. The van der Waals surface area contributed by atoms with E-state index in [0.29, 0.717) is 11.7 Å². The fourth-order valence-electron chi connectivity index (χ4n) is 4.38. The average Bonchev–Trinajstić information content (AvgIpc) is 3.19. The minimum absolute atomic E-state index is 0. The SMILES string of the molecule is Cc1cc(Nc2ncn(-c3cc(F)cc(F)c3)n2)c(F)c(N2CC(N3CCN(C)CC3)C2)c1.[HH]. The number of aromatic nitrogens is 3. The van der Waals surface area contributed by atoms with Gasteiger partial charge < -0.3 is 15.1 Å². The smallest absolute Gasteiger partial charge is 0.247 e. The molecule has 2 saturated heterocycles. The number of rotatable bonds is 5.